The van der Waals surface area contributed by atoms with Crippen LogP contribution in [0.5, 0.6) is 0 Å². The van der Waals surface area contributed by atoms with Gasteiger partial charge in [0, 0.05) is 11.3 Å². The van der Waals surface area contributed by atoms with Crippen LogP contribution < -0.4 is 5.73 Å². The van der Waals surface area contributed by atoms with Crippen molar-refractivity contribution in [3.8, 4) is 6.07 Å². The van der Waals surface area contributed by atoms with Gasteiger partial charge in [0.15, 0.2) is 0 Å². The first-order valence-corrected chi connectivity index (χ1v) is 5.80. The second-order valence-corrected chi connectivity index (χ2v) is 3.98. The molecule has 2 unspecified atom stereocenters. The molecule has 2 atom stereocenters. The van der Waals surface area contributed by atoms with Crippen LogP contribution in [0.2, 0.25) is 0 Å². The van der Waals surface area contributed by atoms with E-state index in [9.17, 15) is 15.0 Å². The van der Waals surface area contributed by atoms with Crippen molar-refractivity contribution in [1.29, 1.82) is 5.26 Å². The van der Waals surface area contributed by atoms with Crippen molar-refractivity contribution in [2.45, 2.75) is 25.6 Å². The molecular weight excluding hydrogens is 248 g/mol. The number of ether oxygens (including phenoxy) is 1. The Labute approximate surface area is 111 Å². The summed E-state index contributed by atoms with van der Waals surface area (Å²) < 4.78 is 4.68. The molecule has 0 heterocycles. The van der Waals surface area contributed by atoms with Crippen LogP contribution in [-0.2, 0) is 9.53 Å². The van der Waals surface area contributed by atoms with E-state index in [2.05, 4.69) is 4.74 Å². The summed E-state index contributed by atoms with van der Waals surface area (Å²) >= 11 is 0. The lowest BCUT2D eigenvalue weighted by Gasteiger charge is -2.18. The number of carbonyl (C=O) groups excluding carboxylic acids is 1. The number of hydrogen-bond donors (Lipinski definition) is 3. The number of nitrogens with two attached hydrogens (primary N) is 1. The van der Waals surface area contributed by atoms with E-state index >= 15 is 0 Å². The normalized spacial score (nSPS) is 13.4. The minimum atomic E-state index is -1.37. The molecule has 1 aromatic rings. The molecule has 4 N–H and O–H groups in total. The Kier molecular flexibility index (Phi) is 5.30. The van der Waals surface area contributed by atoms with Gasteiger partial charge < -0.3 is 20.7 Å². The molecule has 0 saturated heterocycles. The second-order valence-electron chi connectivity index (χ2n) is 3.98. The van der Waals surface area contributed by atoms with Gasteiger partial charge in [0.1, 0.15) is 6.10 Å². The zero-order chi connectivity index (χ0) is 14.4. The van der Waals surface area contributed by atoms with Crippen molar-refractivity contribution in [2.24, 2.45) is 0 Å². The minimum Gasteiger partial charge on any atom is -0.466 e. The number of hydrogen-bond acceptors (Lipinski definition) is 6. The third-order valence-corrected chi connectivity index (χ3v) is 2.56. The van der Waals surface area contributed by atoms with Crippen molar-refractivity contribution < 1.29 is 19.7 Å². The summed E-state index contributed by atoms with van der Waals surface area (Å²) in [6.07, 6.45) is -3.08. The van der Waals surface area contributed by atoms with Gasteiger partial charge in [-0.2, -0.15) is 5.26 Å². The number of rotatable bonds is 5. The molecule has 1 aromatic carbocycles. The molecule has 0 spiro atoms. The Morgan fingerprint density at radius 3 is 2.79 bits per heavy atom. The number of benzene rings is 1. The largest absolute Gasteiger partial charge is 0.466 e. The van der Waals surface area contributed by atoms with Crippen LogP contribution in [-0.4, -0.2) is 28.9 Å². The molecule has 0 aromatic heterocycles. The average molecular weight is 264 g/mol. The zero-order valence-electron chi connectivity index (χ0n) is 10.5. The fourth-order valence-corrected chi connectivity index (χ4v) is 1.64. The second kappa shape index (κ2) is 6.73. The molecule has 0 radical (unpaired) electrons. The maximum absolute atomic E-state index is 11.2. The number of aliphatic hydroxyl groups is 2. The summed E-state index contributed by atoms with van der Waals surface area (Å²) in [5, 5.41) is 28.7. The average Bonchev–Trinajstić information content (AvgIpc) is 2.37. The van der Waals surface area contributed by atoms with Crippen LogP contribution in [0.15, 0.2) is 18.2 Å². The number of nitriles is 1. The molecule has 0 amide bonds. The van der Waals surface area contributed by atoms with Gasteiger partial charge in [-0.05, 0) is 25.1 Å². The van der Waals surface area contributed by atoms with Crippen molar-refractivity contribution in [1.82, 2.24) is 0 Å². The van der Waals surface area contributed by atoms with Crippen molar-refractivity contribution in [3.05, 3.63) is 29.3 Å². The fourth-order valence-electron chi connectivity index (χ4n) is 1.64. The van der Waals surface area contributed by atoms with E-state index in [0.717, 1.165) is 0 Å². The number of carbonyl (C=O) groups is 1. The van der Waals surface area contributed by atoms with Gasteiger partial charge in [-0.25, -0.2) is 0 Å². The molecule has 6 heteroatoms. The molecule has 0 saturated carbocycles. The topological polar surface area (TPSA) is 117 Å². The van der Waals surface area contributed by atoms with Crippen LogP contribution >= 0.6 is 0 Å². The highest BCUT2D eigenvalue weighted by molar-refractivity contribution is 5.70. The predicted molar refractivity (Wildman–Crippen MR) is 67.8 cm³/mol. The first-order chi connectivity index (χ1) is 8.99. The number of nitrogens with zero attached hydrogens (tertiary/aromatic N) is 1. The lowest BCUT2D eigenvalue weighted by molar-refractivity contribution is -0.147. The van der Waals surface area contributed by atoms with Gasteiger partial charge in [-0.15, -0.1) is 0 Å². The summed E-state index contributed by atoms with van der Waals surface area (Å²) in [5.41, 5.74) is 6.33. The quantitative estimate of drug-likeness (QED) is 0.526. The summed E-state index contributed by atoms with van der Waals surface area (Å²) in [6.45, 7) is 1.84. The van der Waals surface area contributed by atoms with Crippen molar-refractivity contribution in [2.75, 3.05) is 12.3 Å². The summed E-state index contributed by atoms with van der Waals surface area (Å²) in [5.74, 6) is -0.614. The maximum Gasteiger partial charge on any atom is 0.308 e. The lowest BCUT2D eigenvalue weighted by Crippen LogP contribution is -2.23. The molecule has 0 bridgehead atoms. The smallest absolute Gasteiger partial charge is 0.308 e. The SMILES string of the molecule is CCOC(=O)CC(O)C(O)c1cc(N)ccc1C#N. The van der Waals surface area contributed by atoms with Crippen LogP contribution in [0.25, 0.3) is 0 Å². The van der Waals surface area contributed by atoms with E-state index in [1.165, 1.54) is 18.2 Å². The van der Waals surface area contributed by atoms with Crippen LogP contribution in [0.4, 0.5) is 5.69 Å². The first-order valence-electron chi connectivity index (χ1n) is 5.80. The van der Waals surface area contributed by atoms with Crippen LogP contribution in [0, 0.1) is 11.3 Å². The van der Waals surface area contributed by atoms with Crippen molar-refractivity contribution >= 4 is 11.7 Å². The number of aliphatic hydroxyl groups excluding tert-OH is 2. The van der Waals surface area contributed by atoms with Crippen LogP contribution in [0.3, 0.4) is 0 Å². The monoisotopic (exact) mass is 264 g/mol. The molecule has 19 heavy (non-hydrogen) atoms. The van der Waals surface area contributed by atoms with E-state index in [0.29, 0.717) is 5.69 Å². The summed E-state index contributed by atoms with van der Waals surface area (Å²) in [6, 6.07) is 6.26. The molecule has 6 nitrogen and oxygen atoms in total. The minimum absolute atomic E-state index is 0.194. The van der Waals surface area contributed by atoms with Gasteiger partial charge in [-0.3, -0.25) is 4.79 Å². The Morgan fingerprint density at radius 2 is 2.21 bits per heavy atom. The van der Waals surface area contributed by atoms with Gasteiger partial charge in [-0.1, -0.05) is 0 Å². The number of anilines is 1. The van der Waals surface area contributed by atoms with Crippen LogP contribution in [0.1, 0.15) is 30.6 Å². The van der Waals surface area contributed by atoms with Gasteiger partial charge in [0.25, 0.3) is 0 Å². The Morgan fingerprint density at radius 1 is 1.53 bits per heavy atom. The van der Waals surface area contributed by atoms with E-state index in [-0.39, 0.29) is 24.2 Å². The summed E-state index contributed by atoms with van der Waals surface area (Å²) in [4.78, 5) is 11.2. The van der Waals surface area contributed by atoms with E-state index in [4.69, 9.17) is 11.0 Å². The Bertz CT molecular complexity index is 496. The first kappa shape index (κ1) is 15.0. The van der Waals surface area contributed by atoms with E-state index in [1.807, 2.05) is 6.07 Å². The molecule has 0 aliphatic rings. The predicted octanol–water partition coefficient (Wildman–Crippen LogP) is 0.488. The standard InChI is InChI=1S/C13H16N2O4/c1-2-19-12(17)6-11(16)13(18)10-5-9(15)4-3-8(10)7-14/h3-5,11,13,16,18H,2,6,15H2,1H3. The van der Waals surface area contributed by atoms with Gasteiger partial charge in [0.2, 0.25) is 0 Å². The van der Waals surface area contributed by atoms with Gasteiger partial charge in [0.05, 0.1) is 30.8 Å². The highest BCUT2D eigenvalue weighted by Crippen LogP contribution is 2.24. The Hall–Kier alpha value is -2.10. The van der Waals surface area contributed by atoms with Crippen molar-refractivity contribution in [3.63, 3.8) is 0 Å². The Balaban J connectivity index is 2.87. The molecule has 0 fully saturated rings. The third kappa shape index (κ3) is 3.95. The lowest BCUT2D eigenvalue weighted by atomic mass is 9.97. The molecule has 102 valence electrons. The highest BCUT2D eigenvalue weighted by Gasteiger charge is 2.24. The molecule has 0 aliphatic carbocycles. The fraction of sp³-hybridized carbons (Fsp3) is 0.385. The maximum atomic E-state index is 11.2. The molecule has 0 aliphatic heterocycles. The molecular formula is C13H16N2O4. The highest BCUT2D eigenvalue weighted by atomic mass is 16.5. The van der Waals surface area contributed by atoms with E-state index < -0.39 is 18.2 Å². The molecule has 1 rings (SSSR count). The number of esters is 1. The third-order valence-electron chi connectivity index (χ3n) is 2.56. The van der Waals surface area contributed by atoms with E-state index in [1.54, 1.807) is 6.92 Å². The summed E-state index contributed by atoms with van der Waals surface area (Å²) in [7, 11) is 0. The number of nitrogen functional groups attached to an aromatic ring is 1. The zero-order valence-corrected chi connectivity index (χ0v) is 10.5. The van der Waals surface area contributed by atoms with Gasteiger partial charge >= 0.3 is 5.97 Å².